The number of likely N-dealkylation sites (tertiary alicyclic amines) is 1. The van der Waals surface area contributed by atoms with Gasteiger partial charge in [0.05, 0.1) is 0 Å². The van der Waals surface area contributed by atoms with Crippen LogP contribution in [0.5, 0.6) is 0 Å². The first-order valence-electron chi connectivity index (χ1n) is 9.35. The van der Waals surface area contributed by atoms with E-state index < -0.39 is 0 Å². The second-order valence-corrected chi connectivity index (χ2v) is 5.85. The first kappa shape index (κ1) is 27.9. The zero-order valence-corrected chi connectivity index (χ0v) is 20.0. The van der Waals surface area contributed by atoms with Gasteiger partial charge in [-0.2, -0.15) is 12.8 Å². The van der Waals surface area contributed by atoms with Crippen LogP contribution in [-0.4, -0.2) is 30.9 Å². The molecule has 1 amide bonds. The van der Waals surface area contributed by atoms with Gasteiger partial charge in [-0.05, 0) is 31.6 Å². The second-order valence-electron chi connectivity index (χ2n) is 5.85. The van der Waals surface area contributed by atoms with E-state index in [4.69, 9.17) is 0 Å². The molecule has 1 aromatic carbocycles. The Hall–Kier alpha value is -0.316. The second kappa shape index (κ2) is 14.7. The number of hydrogen-bond acceptors (Lipinski definition) is 2. The molecule has 1 aromatic rings. The van der Waals surface area contributed by atoms with Crippen molar-refractivity contribution in [2.24, 2.45) is 5.41 Å². The molecule has 0 unspecified atom stereocenters. The maximum atomic E-state index is 14.1. The van der Waals surface area contributed by atoms with Crippen molar-refractivity contribution in [2.75, 3.05) is 20.1 Å². The van der Waals surface area contributed by atoms with Crippen LogP contribution in [-0.2, 0) is 39.3 Å². The van der Waals surface area contributed by atoms with Crippen LogP contribution in [0.1, 0.15) is 62.9 Å². The molecule has 3 nitrogen and oxygen atoms in total. The van der Waals surface area contributed by atoms with E-state index in [2.05, 4.69) is 24.1 Å². The Morgan fingerprint density at radius 2 is 1.81 bits per heavy atom. The molecule has 1 saturated heterocycles. The van der Waals surface area contributed by atoms with Crippen LogP contribution < -0.4 is 5.32 Å². The molecular formula is C21H35FN2OY-2. The van der Waals surface area contributed by atoms with E-state index in [1.807, 2.05) is 27.7 Å². The number of carbonyl (C=O) groups excluding carboxylic acids is 1. The number of rotatable bonds is 5. The number of carbonyl (C=O) groups is 1. The van der Waals surface area contributed by atoms with Crippen LogP contribution >= 0.6 is 0 Å². The zero-order chi connectivity index (χ0) is 19.5. The normalized spacial score (nSPS) is 14.9. The third kappa shape index (κ3) is 7.74. The van der Waals surface area contributed by atoms with Crippen molar-refractivity contribution >= 4 is 5.91 Å². The van der Waals surface area contributed by atoms with Gasteiger partial charge in [-0.25, -0.2) is 4.39 Å². The van der Waals surface area contributed by atoms with Crippen LogP contribution in [0.4, 0.5) is 4.39 Å². The summed E-state index contributed by atoms with van der Waals surface area (Å²) < 4.78 is 14.1. The monoisotopic (exact) mass is 439 g/mol. The van der Waals surface area contributed by atoms with E-state index in [0.29, 0.717) is 17.7 Å². The average molecular weight is 439 g/mol. The third-order valence-corrected chi connectivity index (χ3v) is 4.51. The van der Waals surface area contributed by atoms with Crippen LogP contribution in [0.25, 0.3) is 0 Å². The first-order chi connectivity index (χ1) is 12.0. The fraction of sp³-hybridized carbons (Fsp3) is 0.571. The molecule has 1 radical (unpaired) electrons. The molecule has 0 atom stereocenters. The molecule has 147 valence electrons. The fourth-order valence-corrected chi connectivity index (χ4v) is 2.90. The molecule has 1 heterocycles. The van der Waals surface area contributed by atoms with E-state index in [-0.39, 0.29) is 49.8 Å². The predicted molar refractivity (Wildman–Crippen MR) is 105 cm³/mol. The predicted octanol–water partition coefficient (Wildman–Crippen LogP) is 4.88. The van der Waals surface area contributed by atoms with Gasteiger partial charge < -0.3 is 19.2 Å². The summed E-state index contributed by atoms with van der Waals surface area (Å²) in [6.45, 7) is 18.5. The molecule has 26 heavy (non-hydrogen) atoms. The van der Waals surface area contributed by atoms with E-state index in [0.717, 1.165) is 32.4 Å². The summed E-state index contributed by atoms with van der Waals surface area (Å²) in [6.07, 6.45) is 2.80. The van der Waals surface area contributed by atoms with E-state index >= 15 is 0 Å². The summed E-state index contributed by atoms with van der Waals surface area (Å²) in [5, 5.41) is 2.50. The first-order valence-corrected chi connectivity index (χ1v) is 9.35. The molecule has 0 bridgehead atoms. The largest absolute Gasteiger partial charge is 0.355 e. The molecular weight excluding hydrogens is 404 g/mol. The number of nitrogens with one attached hydrogen (secondary N) is 1. The summed E-state index contributed by atoms with van der Waals surface area (Å²) in [6, 6.07) is 4.68. The van der Waals surface area contributed by atoms with Crippen molar-refractivity contribution in [1.29, 1.82) is 0 Å². The quantitative estimate of drug-likeness (QED) is 0.664. The van der Waals surface area contributed by atoms with Crippen LogP contribution in [0.2, 0.25) is 0 Å². The van der Waals surface area contributed by atoms with Gasteiger partial charge in [0.25, 0.3) is 5.91 Å². The smallest absolute Gasteiger partial charge is 0.251 e. The SMILES string of the molecule is CC.CC.[CH2-]CC1(C[CH2-])CCN(Cc2ccc(C(=O)NC)cc2F)C1.[Y]. The summed E-state index contributed by atoms with van der Waals surface area (Å²) in [5.74, 6) is -0.590. The molecule has 0 aliphatic carbocycles. The minimum Gasteiger partial charge on any atom is -0.355 e. The maximum Gasteiger partial charge on any atom is 0.251 e. The van der Waals surface area contributed by atoms with Gasteiger partial charge in [-0.3, -0.25) is 9.69 Å². The molecule has 2 rings (SSSR count). The van der Waals surface area contributed by atoms with E-state index in [1.54, 1.807) is 12.1 Å². The van der Waals surface area contributed by atoms with Gasteiger partial charge in [-0.15, -0.1) is 0 Å². The zero-order valence-electron chi connectivity index (χ0n) is 17.2. The summed E-state index contributed by atoms with van der Waals surface area (Å²) in [5.41, 5.74) is 1.16. The third-order valence-electron chi connectivity index (χ3n) is 4.51. The number of hydrogen-bond donors (Lipinski definition) is 1. The van der Waals surface area contributed by atoms with Crippen molar-refractivity contribution in [3.8, 4) is 0 Å². The number of amides is 1. The molecule has 0 spiro atoms. The molecule has 1 aliphatic heterocycles. The van der Waals surface area contributed by atoms with Gasteiger partial charge in [0.15, 0.2) is 0 Å². The van der Waals surface area contributed by atoms with Crippen molar-refractivity contribution in [1.82, 2.24) is 10.2 Å². The number of benzene rings is 1. The molecule has 0 saturated carbocycles. The van der Waals surface area contributed by atoms with Gasteiger partial charge in [-0.1, -0.05) is 39.2 Å². The van der Waals surface area contributed by atoms with Crippen molar-refractivity contribution in [2.45, 2.75) is 53.5 Å². The van der Waals surface area contributed by atoms with Gasteiger partial charge >= 0.3 is 0 Å². The Balaban J connectivity index is 0. The summed E-state index contributed by atoms with van der Waals surface area (Å²) in [7, 11) is 1.54. The Bertz CT molecular complexity index is 519. The van der Waals surface area contributed by atoms with Crippen LogP contribution in [0, 0.1) is 25.1 Å². The van der Waals surface area contributed by atoms with Gasteiger partial charge in [0, 0.05) is 57.4 Å². The van der Waals surface area contributed by atoms with Crippen molar-refractivity contribution < 1.29 is 41.9 Å². The minimum atomic E-state index is -0.321. The topological polar surface area (TPSA) is 32.3 Å². The Morgan fingerprint density at radius 3 is 2.23 bits per heavy atom. The standard InChI is InChI=1S/C17H23FN2O.2C2H6.Y/c1-4-17(5-2)8-9-20(12-17)11-14-7-6-13(10-15(14)18)16(21)19-3;2*1-2;/h6-7,10H,1-2,4-5,8-9,11-12H2,3H3,(H,19,21);2*1-2H3;/q-2;;;. The molecule has 1 N–H and O–H groups in total. The Labute approximate surface area is 185 Å². The van der Waals surface area contributed by atoms with E-state index in [9.17, 15) is 9.18 Å². The summed E-state index contributed by atoms with van der Waals surface area (Å²) in [4.78, 5) is 13.7. The molecule has 1 aliphatic rings. The fourth-order valence-electron chi connectivity index (χ4n) is 2.90. The van der Waals surface area contributed by atoms with Crippen molar-refractivity contribution in [3.05, 3.63) is 49.0 Å². The maximum absolute atomic E-state index is 14.1. The van der Waals surface area contributed by atoms with Gasteiger partial charge in [0.1, 0.15) is 5.82 Å². The Kier molecular flexibility index (Phi) is 15.8. The van der Waals surface area contributed by atoms with Crippen LogP contribution in [0.3, 0.4) is 0 Å². The summed E-state index contributed by atoms with van der Waals surface area (Å²) >= 11 is 0. The molecule has 5 heteroatoms. The molecule has 0 aromatic heterocycles. The average Bonchev–Trinajstić information content (AvgIpc) is 3.09. The number of nitrogens with zero attached hydrogens (tertiary/aromatic N) is 1. The minimum absolute atomic E-state index is 0. The Morgan fingerprint density at radius 1 is 1.23 bits per heavy atom. The van der Waals surface area contributed by atoms with E-state index in [1.165, 1.54) is 13.1 Å². The van der Waals surface area contributed by atoms with Crippen LogP contribution in [0.15, 0.2) is 18.2 Å². The number of halogens is 1. The van der Waals surface area contributed by atoms with Crippen molar-refractivity contribution in [3.63, 3.8) is 0 Å². The molecule has 1 fully saturated rings. The van der Waals surface area contributed by atoms with Gasteiger partial charge in [0.2, 0.25) is 0 Å².